The highest BCUT2D eigenvalue weighted by Gasteiger charge is 2.35. The molecule has 8 heteroatoms. The summed E-state index contributed by atoms with van der Waals surface area (Å²) in [5.41, 5.74) is -1.38. The van der Waals surface area contributed by atoms with Crippen LogP contribution >= 0.6 is 0 Å². The molecule has 5 nitrogen and oxygen atoms in total. The quantitative estimate of drug-likeness (QED) is 0.946. The summed E-state index contributed by atoms with van der Waals surface area (Å²) in [6.07, 6.45) is -3.27. The summed E-state index contributed by atoms with van der Waals surface area (Å²) in [7, 11) is 1.63. The third-order valence-electron chi connectivity index (χ3n) is 2.96. The highest BCUT2D eigenvalue weighted by molar-refractivity contribution is 5.96. The SMILES string of the molecule is C[C@H](NC(=O)c1ccccc1C(F)(F)F)c1ncnn1C. The molecule has 1 amide bonds. The molecule has 2 aromatic rings. The van der Waals surface area contributed by atoms with Crippen molar-refractivity contribution < 1.29 is 18.0 Å². The zero-order chi connectivity index (χ0) is 15.6. The van der Waals surface area contributed by atoms with Crippen LogP contribution in [0.5, 0.6) is 0 Å². The Labute approximate surface area is 118 Å². The summed E-state index contributed by atoms with van der Waals surface area (Å²) in [4.78, 5) is 16.0. The van der Waals surface area contributed by atoms with Crippen LogP contribution in [0.4, 0.5) is 13.2 Å². The summed E-state index contributed by atoms with van der Waals surface area (Å²) in [6, 6.07) is 4.08. The Morgan fingerprint density at radius 2 is 2.00 bits per heavy atom. The first kappa shape index (κ1) is 15.0. The van der Waals surface area contributed by atoms with Crippen LogP contribution in [0.1, 0.15) is 34.7 Å². The van der Waals surface area contributed by atoms with Gasteiger partial charge >= 0.3 is 6.18 Å². The molecule has 0 radical (unpaired) electrons. The lowest BCUT2D eigenvalue weighted by Gasteiger charge is -2.16. The fourth-order valence-corrected chi connectivity index (χ4v) is 1.96. The zero-order valence-electron chi connectivity index (χ0n) is 11.3. The molecule has 0 spiro atoms. The van der Waals surface area contributed by atoms with Crippen molar-refractivity contribution in [2.75, 3.05) is 0 Å². The van der Waals surface area contributed by atoms with E-state index in [0.717, 1.165) is 12.1 Å². The molecule has 0 aliphatic rings. The second-order valence-corrected chi connectivity index (χ2v) is 4.48. The summed E-state index contributed by atoms with van der Waals surface area (Å²) in [6.45, 7) is 1.62. The van der Waals surface area contributed by atoms with Crippen LogP contribution in [0.3, 0.4) is 0 Å². The van der Waals surface area contributed by atoms with Crippen molar-refractivity contribution in [2.45, 2.75) is 19.1 Å². The van der Waals surface area contributed by atoms with Crippen LogP contribution in [-0.4, -0.2) is 20.7 Å². The van der Waals surface area contributed by atoms with Gasteiger partial charge in [-0.15, -0.1) is 0 Å². The second kappa shape index (κ2) is 5.55. The van der Waals surface area contributed by atoms with Gasteiger partial charge in [0.1, 0.15) is 12.2 Å². The summed E-state index contributed by atoms with van der Waals surface area (Å²) in [5, 5.41) is 6.34. The highest BCUT2D eigenvalue weighted by atomic mass is 19.4. The molecule has 0 saturated carbocycles. The van der Waals surface area contributed by atoms with Crippen LogP contribution in [-0.2, 0) is 13.2 Å². The average Bonchev–Trinajstić information content (AvgIpc) is 2.84. The van der Waals surface area contributed by atoms with Crippen LogP contribution in [0.25, 0.3) is 0 Å². The van der Waals surface area contributed by atoms with E-state index in [1.165, 1.54) is 23.1 Å². The Morgan fingerprint density at radius 3 is 2.57 bits per heavy atom. The van der Waals surface area contributed by atoms with Crippen molar-refractivity contribution in [3.63, 3.8) is 0 Å². The van der Waals surface area contributed by atoms with Crippen molar-refractivity contribution in [1.29, 1.82) is 0 Å². The molecule has 0 aliphatic carbocycles. The average molecular weight is 298 g/mol. The Balaban J connectivity index is 2.24. The van der Waals surface area contributed by atoms with Crippen molar-refractivity contribution in [1.82, 2.24) is 20.1 Å². The minimum atomic E-state index is -4.58. The minimum absolute atomic E-state index is 0.418. The molecule has 1 aromatic heterocycles. The van der Waals surface area contributed by atoms with Gasteiger partial charge in [-0.1, -0.05) is 12.1 Å². The number of hydrogen-bond acceptors (Lipinski definition) is 3. The molecule has 0 fully saturated rings. The largest absolute Gasteiger partial charge is 0.417 e. The molecule has 0 saturated heterocycles. The number of alkyl halides is 3. The number of aryl methyl sites for hydroxylation is 1. The lowest BCUT2D eigenvalue weighted by atomic mass is 10.1. The molecular weight excluding hydrogens is 285 g/mol. The van der Waals surface area contributed by atoms with Crippen LogP contribution in [0.15, 0.2) is 30.6 Å². The van der Waals surface area contributed by atoms with E-state index in [0.29, 0.717) is 5.82 Å². The van der Waals surface area contributed by atoms with E-state index in [1.807, 2.05) is 0 Å². The molecular formula is C13H13F3N4O. The molecule has 1 atom stereocenters. The van der Waals surface area contributed by atoms with Gasteiger partial charge in [-0.05, 0) is 19.1 Å². The Morgan fingerprint density at radius 1 is 1.33 bits per heavy atom. The van der Waals surface area contributed by atoms with Gasteiger partial charge in [0.05, 0.1) is 17.2 Å². The molecule has 0 unspecified atom stereocenters. The van der Waals surface area contributed by atoms with Crippen molar-refractivity contribution in [2.24, 2.45) is 7.05 Å². The van der Waals surface area contributed by atoms with E-state index in [4.69, 9.17) is 0 Å². The topological polar surface area (TPSA) is 59.8 Å². The molecule has 0 aliphatic heterocycles. The summed E-state index contributed by atoms with van der Waals surface area (Å²) < 4.78 is 40.1. The number of benzene rings is 1. The number of halogens is 3. The van der Waals surface area contributed by atoms with E-state index in [9.17, 15) is 18.0 Å². The van der Waals surface area contributed by atoms with E-state index in [-0.39, 0.29) is 0 Å². The Kier molecular flexibility index (Phi) is 3.97. The number of amides is 1. The molecule has 0 bridgehead atoms. The molecule has 112 valence electrons. The minimum Gasteiger partial charge on any atom is -0.342 e. The van der Waals surface area contributed by atoms with Gasteiger partial charge in [-0.25, -0.2) is 4.98 Å². The lowest BCUT2D eigenvalue weighted by molar-refractivity contribution is -0.137. The maximum atomic E-state index is 12.9. The normalized spacial score (nSPS) is 13.0. The number of aromatic nitrogens is 3. The Bertz CT molecular complexity index is 651. The standard InChI is InChI=1S/C13H13F3N4O/c1-8(11-17-7-18-20(11)2)19-12(21)9-5-3-4-6-10(9)13(14,15)16/h3-8H,1-2H3,(H,19,21)/t8-/m0/s1. The molecule has 2 rings (SSSR count). The van der Waals surface area contributed by atoms with Gasteiger partial charge < -0.3 is 5.32 Å². The smallest absolute Gasteiger partial charge is 0.342 e. The zero-order valence-corrected chi connectivity index (χ0v) is 11.3. The first-order valence-electron chi connectivity index (χ1n) is 6.11. The van der Waals surface area contributed by atoms with Crippen molar-refractivity contribution >= 4 is 5.91 Å². The van der Waals surface area contributed by atoms with Crippen LogP contribution < -0.4 is 5.32 Å². The van der Waals surface area contributed by atoms with E-state index in [2.05, 4.69) is 15.4 Å². The fraction of sp³-hybridized carbons (Fsp3) is 0.308. The summed E-state index contributed by atoms with van der Waals surface area (Å²) >= 11 is 0. The lowest BCUT2D eigenvalue weighted by Crippen LogP contribution is -2.30. The predicted octanol–water partition coefficient (Wildman–Crippen LogP) is 2.32. The predicted molar refractivity (Wildman–Crippen MR) is 68.3 cm³/mol. The fourth-order valence-electron chi connectivity index (χ4n) is 1.96. The third kappa shape index (κ3) is 3.21. The van der Waals surface area contributed by atoms with Gasteiger partial charge in [0.15, 0.2) is 0 Å². The number of nitrogens with zero attached hydrogens (tertiary/aromatic N) is 3. The first-order chi connectivity index (χ1) is 9.80. The number of nitrogens with one attached hydrogen (secondary N) is 1. The number of carbonyl (C=O) groups is 1. The van der Waals surface area contributed by atoms with E-state index >= 15 is 0 Å². The number of rotatable bonds is 3. The maximum Gasteiger partial charge on any atom is 0.417 e. The van der Waals surface area contributed by atoms with E-state index < -0.39 is 29.3 Å². The number of carbonyl (C=O) groups excluding carboxylic acids is 1. The van der Waals surface area contributed by atoms with Gasteiger partial charge in [-0.2, -0.15) is 18.3 Å². The summed E-state index contributed by atoms with van der Waals surface area (Å²) in [5.74, 6) is -0.355. The van der Waals surface area contributed by atoms with E-state index in [1.54, 1.807) is 14.0 Å². The van der Waals surface area contributed by atoms with Gasteiger partial charge in [-0.3, -0.25) is 9.48 Å². The first-order valence-corrected chi connectivity index (χ1v) is 6.11. The van der Waals surface area contributed by atoms with Gasteiger partial charge in [0.25, 0.3) is 5.91 Å². The molecule has 1 aromatic carbocycles. The maximum absolute atomic E-state index is 12.9. The highest BCUT2D eigenvalue weighted by Crippen LogP contribution is 2.31. The van der Waals surface area contributed by atoms with Gasteiger partial charge in [0, 0.05) is 7.05 Å². The monoisotopic (exact) mass is 298 g/mol. The molecule has 21 heavy (non-hydrogen) atoms. The third-order valence-corrected chi connectivity index (χ3v) is 2.96. The molecule has 1 N–H and O–H groups in total. The van der Waals surface area contributed by atoms with Crippen molar-refractivity contribution in [3.8, 4) is 0 Å². The Hall–Kier alpha value is -2.38. The second-order valence-electron chi connectivity index (χ2n) is 4.48. The number of hydrogen-bond donors (Lipinski definition) is 1. The van der Waals surface area contributed by atoms with Gasteiger partial charge in [0.2, 0.25) is 0 Å². The van der Waals surface area contributed by atoms with Crippen LogP contribution in [0.2, 0.25) is 0 Å². The van der Waals surface area contributed by atoms with Crippen molar-refractivity contribution in [3.05, 3.63) is 47.5 Å². The van der Waals surface area contributed by atoms with Crippen LogP contribution in [0, 0.1) is 0 Å². The molecule has 1 heterocycles.